The molecule has 4 aromatic rings. The molecule has 2 amide bonds. The number of fused-ring (bicyclic) bond motifs is 1. The van der Waals surface area contributed by atoms with Crippen molar-refractivity contribution in [2.75, 3.05) is 31.1 Å². The van der Waals surface area contributed by atoms with Gasteiger partial charge in [0.2, 0.25) is 0 Å². The Bertz CT molecular complexity index is 1490. The van der Waals surface area contributed by atoms with E-state index in [1.807, 2.05) is 60.0 Å². The third-order valence-corrected chi connectivity index (χ3v) is 8.44. The van der Waals surface area contributed by atoms with E-state index in [0.717, 1.165) is 55.0 Å². The number of hydrogen-bond acceptors (Lipinski definition) is 5. The van der Waals surface area contributed by atoms with E-state index in [4.69, 9.17) is 0 Å². The molecule has 1 aromatic heterocycles. The molecule has 2 heterocycles. The second-order valence-electron chi connectivity index (χ2n) is 10.5. The van der Waals surface area contributed by atoms with Crippen LogP contribution in [-0.4, -0.2) is 52.8 Å². The van der Waals surface area contributed by atoms with Crippen molar-refractivity contribution >= 4 is 28.8 Å². The smallest absolute Gasteiger partial charge is 0.266 e. The van der Waals surface area contributed by atoms with E-state index < -0.39 is 0 Å². The molecule has 0 spiro atoms. The molecule has 0 bridgehead atoms. The van der Waals surface area contributed by atoms with Crippen LogP contribution in [0, 0.1) is 19.7 Å². The van der Waals surface area contributed by atoms with Crippen LogP contribution in [0.3, 0.4) is 0 Å². The Morgan fingerprint density at radius 2 is 1.59 bits per heavy atom. The van der Waals surface area contributed by atoms with Crippen molar-refractivity contribution in [3.05, 3.63) is 117 Å². The summed E-state index contributed by atoms with van der Waals surface area (Å²) in [4.78, 5) is 38.8. The molecular formula is C33H35FN4O2S. The lowest BCUT2D eigenvalue weighted by atomic mass is 10.0. The first-order valence-corrected chi connectivity index (χ1v) is 14.9. The highest BCUT2D eigenvalue weighted by Gasteiger charge is 2.26. The average molecular weight is 571 g/mol. The van der Waals surface area contributed by atoms with Gasteiger partial charge in [-0.1, -0.05) is 48.5 Å². The monoisotopic (exact) mass is 570 g/mol. The third kappa shape index (κ3) is 6.89. The van der Waals surface area contributed by atoms with Gasteiger partial charge < -0.3 is 9.80 Å². The summed E-state index contributed by atoms with van der Waals surface area (Å²) in [5.74, 6) is -0.597. The fourth-order valence-corrected chi connectivity index (χ4v) is 6.22. The van der Waals surface area contributed by atoms with E-state index in [-0.39, 0.29) is 17.6 Å². The summed E-state index contributed by atoms with van der Waals surface area (Å²) in [7, 11) is 0. The maximum Gasteiger partial charge on any atom is 0.266 e. The lowest BCUT2D eigenvalue weighted by molar-refractivity contribution is 0.0737. The molecule has 1 aliphatic rings. The lowest BCUT2D eigenvalue weighted by Gasteiger charge is -2.32. The van der Waals surface area contributed by atoms with E-state index in [2.05, 4.69) is 22.0 Å². The molecule has 0 fully saturated rings. The Morgan fingerprint density at radius 3 is 2.29 bits per heavy atom. The van der Waals surface area contributed by atoms with Crippen LogP contribution in [0.2, 0.25) is 0 Å². The Hall–Kier alpha value is -3.88. The summed E-state index contributed by atoms with van der Waals surface area (Å²) in [5.41, 5.74) is 6.79. The molecule has 0 aliphatic carbocycles. The fourth-order valence-electron chi connectivity index (χ4n) is 5.45. The van der Waals surface area contributed by atoms with Gasteiger partial charge in [-0.2, -0.15) is 0 Å². The Labute approximate surface area is 245 Å². The number of rotatable bonds is 4. The van der Waals surface area contributed by atoms with Crippen molar-refractivity contribution < 1.29 is 14.0 Å². The highest BCUT2D eigenvalue weighted by atomic mass is 32.1. The maximum absolute atomic E-state index is 14.0. The summed E-state index contributed by atoms with van der Waals surface area (Å²) in [6, 6.07) is 22.1. The first kappa shape index (κ1) is 28.6. The standard InChI is InChI=1S/C33H35FN4O2S/c1-24-9-6-12-28-22-37(33(40)31-25(2)35-23-41-31)19-7-17-36(21-26-10-4-3-5-11-26)18-8-20-38(30(24)28)32(39)27-13-15-29(34)16-14-27/h3-6,9-16,23H,7-8,17-22H2,1-2H3. The number of carbonyl (C=O) groups is 2. The van der Waals surface area contributed by atoms with Crippen LogP contribution >= 0.6 is 11.3 Å². The van der Waals surface area contributed by atoms with Crippen LogP contribution in [0.5, 0.6) is 0 Å². The number of anilines is 1. The van der Waals surface area contributed by atoms with Crippen LogP contribution in [-0.2, 0) is 13.1 Å². The Balaban J connectivity index is 1.53. The van der Waals surface area contributed by atoms with E-state index in [1.165, 1.54) is 41.2 Å². The first-order chi connectivity index (χ1) is 19.9. The molecule has 3 aromatic carbocycles. The molecule has 6 nitrogen and oxygen atoms in total. The molecule has 8 heteroatoms. The van der Waals surface area contributed by atoms with Gasteiger partial charge in [0.05, 0.1) is 16.9 Å². The van der Waals surface area contributed by atoms with Gasteiger partial charge in [-0.25, -0.2) is 9.37 Å². The molecule has 1 aliphatic heterocycles. The summed E-state index contributed by atoms with van der Waals surface area (Å²) in [5, 5.41) is 0. The number of aryl methyl sites for hydroxylation is 2. The largest absolute Gasteiger partial charge is 0.333 e. The van der Waals surface area contributed by atoms with Gasteiger partial charge in [-0.15, -0.1) is 11.3 Å². The van der Waals surface area contributed by atoms with Crippen LogP contribution in [0.25, 0.3) is 0 Å². The number of benzene rings is 3. The lowest BCUT2D eigenvalue weighted by Crippen LogP contribution is -2.39. The number of halogens is 1. The van der Waals surface area contributed by atoms with E-state index in [0.29, 0.717) is 30.1 Å². The minimum Gasteiger partial charge on any atom is -0.333 e. The summed E-state index contributed by atoms with van der Waals surface area (Å²) in [6.07, 6.45) is 1.60. The zero-order valence-corrected chi connectivity index (χ0v) is 24.4. The van der Waals surface area contributed by atoms with Crippen molar-refractivity contribution in [1.29, 1.82) is 0 Å². The number of nitrogens with zero attached hydrogens (tertiary/aromatic N) is 4. The average Bonchev–Trinajstić information content (AvgIpc) is 3.40. The second kappa shape index (κ2) is 13.2. The number of carbonyl (C=O) groups excluding carboxylic acids is 2. The number of hydrogen-bond donors (Lipinski definition) is 0. The highest BCUT2D eigenvalue weighted by molar-refractivity contribution is 7.11. The van der Waals surface area contributed by atoms with Crippen LogP contribution in [0.1, 0.15) is 55.3 Å². The molecule has 0 saturated carbocycles. The van der Waals surface area contributed by atoms with Gasteiger partial charge in [0.1, 0.15) is 10.7 Å². The quantitative estimate of drug-likeness (QED) is 0.282. The second-order valence-corrected chi connectivity index (χ2v) is 11.4. The molecule has 0 atom stereocenters. The number of amides is 2. The number of thiazole rings is 1. The molecule has 41 heavy (non-hydrogen) atoms. The zero-order valence-electron chi connectivity index (χ0n) is 23.6. The molecule has 0 saturated heterocycles. The SMILES string of the molecule is Cc1cccc2c1N(C(=O)c1ccc(F)cc1)CCCN(Cc1ccccc1)CCCN(C(=O)c1scnc1C)C2. The van der Waals surface area contributed by atoms with E-state index >= 15 is 0 Å². The predicted molar refractivity (Wildman–Crippen MR) is 162 cm³/mol. The summed E-state index contributed by atoms with van der Waals surface area (Å²) >= 11 is 1.36. The molecule has 0 radical (unpaired) electrons. The van der Waals surface area contributed by atoms with Crippen molar-refractivity contribution in [3.8, 4) is 0 Å². The maximum atomic E-state index is 14.0. The highest BCUT2D eigenvalue weighted by Crippen LogP contribution is 2.30. The van der Waals surface area contributed by atoms with Gasteiger partial charge in [0.15, 0.2) is 0 Å². The van der Waals surface area contributed by atoms with E-state index in [9.17, 15) is 14.0 Å². The summed E-state index contributed by atoms with van der Waals surface area (Å²) in [6.45, 7) is 7.74. The molecular weight excluding hydrogens is 535 g/mol. The summed E-state index contributed by atoms with van der Waals surface area (Å²) < 4.78 is 13.7. The topological polar surface area (TPSA) is 56.8 Å². The van der Waals surface area contributed by atoms with Gasteiger partial charge >= 0.3 is 0 Å². The van der Waals surface area contributed by atoms with Crippen LogP contribution in [0.4, 0.5) is 10.1 Å². The number of para-hydroxylation sites is 1. The Kier molecular flexibility index (Phi) is 9.21. The van der Waals surface area contributed by atoms with E-state index in [1.54, 1.807) is 5.51 Å². The third-order valence-electron chi connectivity index (χ3n) is 7.52. The van der Waals surface area contributed by atoms with Crippen LogP contribution in [0.15, 0.2) is 78.3 Å². The first-order valence-electron chi connectivity index (χ1n) is 14.0. The van der Waals surface area contributed by atoms with Gasteiger partial charge in [0, 0.05) is 44.8 Å². The normalized spacial score (nSPS) is 15.1. The van der Waals surface area contributed by atoms with Crippen molar-refractivity contribution in [3.63, 3.8) is 0 Å². The zero-order chi connectivity index (χ0) is 28.8. The van der Waals surface area contributed by atoms with Gasteiger partial charge in [0.25, 0.3) is 11.8 Å². The van der Waals surface area contributed by atoms with Crippen LogP contribution < -0.4 is 4.90 Å². The van der Waals surface area contributed by atoms with Crippen molar-refractivity contribution in [2.45, 2.75) is 39.8 Å². The molecule has 0 N–H and O–H groups in total. The van der Waals surface area contributed by atoms with Gasteiger partial charge in [-0.3, -0.25) is 14.5 Å². The minimum atomic E-state index is -0.379. The van der Waals surface area contributed by atoms with Crippen molar-refractivity contribution in [1.82, 2.24) is 14.8 Å². The number of aromatic nitrogens is 1. The fraction of sp³-hybridized carbons (Fsp3) is 0.303. The molecule has 212 valence electrons. The molecule has 5 rings (SSSR count). The predicted octanol–water partition coefficient (Wildman–Crippen LogP) is 6.48. The minimum absolute atomic E-state index is 0.0412. The molecule has 0 unspecified atom stereocenters. The Morgan fingerprint density at radius 1 is 0.854 bits per heavy atom. The van der Waals surface area contributed by atoms with Crippen molar-refractivity contribution in [2.24, 2.45) is 0 Å². The van der Waals surface area contributed by atoms with Gasteiger partial charge in [-0.05, 0) is 67.6 Å².